The van der Waals surface area contributed by atoms with Gasteiger partial charge in [-0.1, -0.05) is 24.3 Å². The minimum absolute atomic E-state index is 0.0370. The number of amides is 1. The number of fused-ring (bicyclic) bond motifs is 1. The van der Waals surface area contributed by atoms with Gasteiger partial charge in [0.1, 0.15) is 0 Å². The summed E-state index contributed by atoms with van der Waals surface area (Å²) in [4.78, 5) is 21.1. The van der Waals surface area contributed by atoms with Gasteiger partial charge in [0.25, 0.3) is 5.91 Å². The van der Waals surface area contributed by atoms with Gasteiger partial charge in [0, 0.05) is 19.3 Å². The molecule has 4 aromatic rings. The van der Waals surface area contributed by atoms with E-state index in [9.17, 15) is 4.79 Å². The summed E-state index contributed by atoms with van der Waals surface area (Å²) in [5, 5.41) is 7.33. The molecule has 0 bridgehead atoms. The largest absolute Gasteiger partial charge is 0.309 e. The third kappa shape index (κ3) is 3.02. The van der Waals surface area contributed by atoms with Crippen LogP contribution in [0, 0.1) is 6.92 Å². The Morgan fingerprint density at radius 2 is 1.96 bits per heavy atom. The number of anilines is 1. The molecule has 5 nitrogen and oxygen atoms in total. The van der Waals surface area contributed by atoms with Gasteiger partial charge in [-0.15, -0.1) is 11.3 Å². The Morgan fingerprint density at radius 3 is 2.63 bits per heavy atom. The van der Waals surface area contributed by atoms with E-state index in [1.54, 1.807) is 20.9 Å². The fraction of sp³-hybridized carbons (Fsp3) is 0.190. The summed E-state index contributed by atoms with van der Waals surface area (Å²) in [6.45, 7) is 4.49. The summed E-state index contributed by atoms with van der Waals surface area (Å²) < 4.78 is 1.75. The van der Waals surface area contributed by atoms with Crippen LogP contribution in [0.3, 0.4) is 0 Å². The number of thiophene rings is 1. The summed E-state index contributed by atoms with van der Waals surface area (Å²) >= 11 is 1.61. The van der Waals surface area contributed by atoms with E-state index in [1.165, 1.54) is 0 Å². The van der Waals surface area contributed by atoms with Crippen molar-refractivity contribution < 1.29 is 4.79 Å². The Labute approximate surface area is 161 Å². The first kappa shape index (κ1) is 17.4. The first-order chi connectivity index (χ1) is 13.1. The molecule has 0 unspecified atom stereocenters. The number of nitrogens with zero attached hydrogens (tertiary/aromatic N) is 4. The van der Waals surface area contributed by atoms with Crippen LogP contribution in [0.25, 0.3) is 21.6 Å². The van der Waals surface area contributed by atoms with Gasteiger partial charge in [-0.2, -0.15) is 5.10 Å². The summed E-state index contributed by atoms with van der Waals surface area (Å²) in [6.07, 6.45) is 0. The lowest BCUT2D eigenvalue weighted by Gasteiger charge is -2.21. The van der Waals surface area contributed by atoms with Gasteiger partial charge in [0.15, 0.2) is 5.65 Å². The normalized spacial score (nSPS) is 11.1. The molecule has 6 heteroatoms. The third-order valence-corrected chi connectivity index (χ3v) is 5.49. The molecular formula is C21H20N4OS. The van der Waals surface area contributed by atoms with Crippen molar-refractivity contribution in [1.29, 1.82) is 0 Å². The van der Waals surface area contributed by atoms with Crippen molar-refractivity contribution in [2.45, 2.75) is 13.8 Å². The molecule has 3 aromatic heterocycles. The number of carbonyl (C=O) groups is 1. The number of hydrogen-bond donors (Lipinski definition) is 0. The highest BCUT2D eigenvalue weighted by Gasteiger charge is 2.23. The van der Waals surface area contributed by atoms with Crippen LogP contribution < -0.4 is 4.90 Å². The van der Waals surface area contributed by atoms with Crippen molar-refractivity contribution in [2.24, 2.45) is 7.05 Å². The standard InChI is InChI=1S/C21H20N4OS/c1-4-25(15-9-6-5-7-10-15)21(26)16-13-17(18-11-8-12-27-18)22-20-19(16)14(2)23-24(20)3/h5-13H,4H2,1-3H3. The van der Waals surface area contributed by atoms with Gasteiger partial charge >= 0.3 is 0 Å². The molecule has 0 saturated carbocycles. The monoisotopic (exact) mass is 376 g/mol. The van der Waals surface area contributed by atoms with E-state index in [0.717, 1.165) is 33.0 Å². The minimum Gasteiger partial charge on any atom is -0.309 e. The minimum atomic E-state index is -0.0370. The molecule has 0 aliphatic rings. The summed E-state index contributed by atoms with van der Waals surface area (Å²) in [6, 6.07) is 15.7. The van der Waals surface area contributed by atoms with Gasteiger partial charge in [-0.3, -0.25) is 9.48 Å². The van der Waals surface area contributed by atoms with E-state index in [0.29, 0.717) is 12.1 Å². The first-order valence-corrected chi connectivity index (χ1v) is 9.73. The van der Waals surface area contributed by atoms with Gasteiger partial charge in [0.05, 0.1) is 27.2 Å². The number of aromatic nitrogens is 3. The first-order valence-electron chi connectivity index (χ1n) is 8.85. The molecule has 0 saturated heterocycles. The fourth-order valence-corrected chi connectivity index (χ4v) is 4.05. The zero-order valence-electron chi connectivity index (χ0n) is 15.5. The Balaban J connectivity index is 1.93. The van der Waals surface area contributed by atoms with Crippen molar-refractivity contribution in [2.75, 3.05) is 11.4 Å². The lowest BCUT2D eigenvalue weighted by molar-refractivity contribution is 0.0990. The number of carbonyl (C=O) groups excluding carboxylic acids is 1. The maximum atomic E-state index is 13.5. The van der Waals surface area contributed by atoms with Crippen molar-refractivity contribution in [3.63, 3.8) is 0 Å². The van der Waals surface area contributed by atoms with Crippen LogP contribution in [0.1, 0.15) is 23.0 Å². The Kier molecular flexibility index (Phi) is 4.49. The van der Waals surface area contributed by atoms with Crippen molar-refractivity contribution in [3.05, 3.63) is 65.2 Å². The van der Waals surface area contributed by atoms with Gasteiger partial charge in [-0.25, -0.2) is 4.98 Å². The van der Waals surface area contributed by atoms with Crippen LogP contribution in [0.5, 0.6) is 0 Å². The molecule has 0 atom stereocenters. The number of pyridine rings is 1. The highest BCUT2D eigenvalue weighted by atomic mass is 32.1. The van der Waals surface area contributed by atoms with E-state index in [-0.39, 0.29) is 5.91 Å². The van der Waals surface area contributed by atoms with Crippen LogP contribution in [0.4, 0.5) is 5.69 Å². The highest BCUT2D eigenvalue weighted by molar-refractivity contribution is 7.13. The molecule has 136 valence electrons. The predicted octanol–water partition coefficient (Wildman–Crippen LogP) is 4.67. The van der Waals surface area contributed by atoms with E-state index in [1.807, 2.05) is 74.8 Å². The van der Waals surface area contributed by atoms with Crippen molar-refractivity contribution in [1.82, 2.24) is 14.8 Å². The van der Waals surface area contributed by atoms with Gasteiger partial charge < -0.3 is 4.90 Å². The maximum absolute atomic E-state index is 13.5. The summed E-state index contributed by atoms with van der Waals surface area (Å²) in [7, 11) is 1.86. The van der Waals surface area contributed by atoms with Crippen LogP contribution in [0.15, 0.2) is 53.9 Å². The SMILES string of the molecule is CCN(C(=O)c1cc(-c2cccs2)nc2c1c(C)nn2C)c1ccccc1. The summed E-state index contributed by atoms with van der Waals surface area (Å²) in [5.74, 6) is -0.0370. The molecule has 1 aromatic carbocycles. The second-order valence-electron chi connectivity index (χ2n) is 6.32. The lowest BCUT2D eigenvalue weighted by atomic mass is 10.1. The zero-order chi connectivity index (χ0) is 19.0. The van der Waals surface area contributed by atoms with Crippen LogP contribution in [-0.2, 0) is 7.05 Å². The number of benzene rings is 1. The smallest absolute Gasteiger partial charge is 0.259 e. The number of aryl methyl sites for hydroxylation is 2. The molecule has 0 fully saturated rings. The fourth-order valence-electron chi connectivity index (χ4n) is 3.36. The summed E-state index contributed by atoms with van der Waals surface area (Å²) in [5.41, 5.74) is 3.86. The zero-order valence-corrected chi connectivity index (χ0v) is 16.3. The molecule has 1 amide bonds. The number of para-hydroxylation sites is 1. The molecule has 0 N–H and O–H groups in total. The average molecular weight is 376 g/mol. The second kappa shape index (κ2) is 6.96. The molecule has 27 heavy (non-hydrogen) atoms. The lowest BCUT2D eigenvalue weighted by Crippen LogP contribution is -2.30. The average Bonchev–Trinajstić information content (AvgIpc) is 3.31. The van der Waals surface area contributed by atoms with Gasteiger partial charge in [0.2, 0.25) is 0 Å². The molecule has 3 heterocycles. The van der Waals surface area contributed by atoms with Gasteiger partial charge in [-0.05, 0) is 43.5 Å². The molecule has 0 spiro atoms. The van der Waals surface area contributed by atoms with Crippen LogP contribution in [-0.4, -0.2) is 27.2 Å². The highest BCUT2D eigenvalue weighted by Crippen LogP contribution is 2.30. The maximum Gasteiger partial charge on any atom is 0.259 e. The second-order valence-corrected chi connectivity index (χ2v) is 7.27. The van der Waals surface area contributed by atoms with E-state index < -0.39 is 0 Å². The van der Waals surface area contributed by atoms with E-state index in [4.69, 9.17) is 4.98 Å². The Morgan fingerprint density at radius 1 is 1.19 bits per heavy atom. The van der Waals surface area contributed by atoms with Crippen molar-refractivity contribution in [3.8, 4) is 10.6 Å². The van der Waals surface area contributed by atoms with Crippen LogP contribution >= 0.6 is 11.3 Å². The van der Waals surface area contributed by atoms with Crippen LogP contribution in [0.2, 0.25) is 0 Å². The molecule has 0 aliphatic heterocycles. The quantitative estimate of drug-likeness (QED) is 0.520. The number of hydrogen-bond acceptors (Lipinski definition) is 4. The molecule has 0 aliphatic carbocycles. The predicted molar refractivity (Wildman–Crippen MR) is 110 cm³/mol. The third-order valence-electron chi connectivity index (χ3n) is 4.60. The van der Waals surface area contributed by atoms with E-state index >= 15 is 0 Å². The number of rotatable bonds is 4. The van der Waals surface area contributed by atoms with E-state index in [2.05, 4.69) is 5.10 Å². The molecule has 4 rings (SSSR count). The Hall–Kier alpha value is -2.99. The Bertz CT molecular complexity index is 1100. The molecular weight excluding hydrogens is 356 g/mol. The molecule has 0 radical (unpaired) electrons. The van der Waals surface area contributed by atoms with Crippen molar-refractivity contribution >= 4 is 34.0 Å². The topological polar surface area (TPSA) is 51.0 Å².